The van der Waals surface area contributed by atoms with E-state index in [1.54, 1.807) is 6.08 Å². The van der Waals surface area contributed by atoms with Gasteiger partial charge in [0.15, 0.2) is 0 Å². The molecule has 0 atom stereocenters. The van der Waals surface area contributed by atoms with Gasteiger partial charge >= 0.3 is 7.82 Å². The number of unbranched alkanes of at least 4 members (excludes halogenated alkanes) is 10. The second-order valence-electron chi connectivity index (χ2n) is 4.94. The van der Waals surface area contributed by atoms with E-state index in [0.29, 0.717) is 0 Å². The number of hydrogen-bond acceptors (Lipinski definition) is 2. The highest BCUT2D eigenvalue weighted by atomic mass is 31.2. The van der Waals surface area contributed by atoms with Crippen molar-refractivity contribution in [3.63, 3.8) is 0 Å². The smallest absolute Gasteiger partial charge is 0.413 e. The molecule has 0 amide bonds. The van der Waals surface area contributed by atoms with Crippen molar-refractivity contribution in [2.75, 3.05) is 0 Å². The third kappa shape index (κ3) is 17.7. The van der Waals surface area contributed by atoms with Crippen molar-refractivity contribution in [1.82, 2.24) is 0 Å². The van der Waals surface area contributed by atoms with E-state index < -0.39 is 7.82 Å². The molecule has 19 heavy (non-hydrogen) atoms. The average Bonchev–Trinajstić information content (AvgIpc) is 2.34. The van der Waals surface area contributed by atoms with Crippen LogP contribution in [-0.2, 0) is 9.09 Å². The second kappa shape index (κ2) is 12.7. The molecule has 0 radical (unpaired) electrons. The molecule has 0 unspecified atom stereocenters. The molecule has 0 aromatic rings. The Hall–Kier alpha value is -0.310. The van der Waals surface area contributed by atoms with E-state index in [-0.39, 0.29) is 0 Å². The van der Waals surface area contributed by atoms with Crippen LogP contribution in [-0.4, -0.2) is 9.79 Å². The SMILES string of the molecule is CCCCCCCCCCCCC=COP(=O)(O)O. The third-order valence-electron chi connectivity index (χ3n) is 3.02. The predicted molar refractivity (Wildman–Crippen MR) is 78.7 cm³/mol. The summed E-state index contributed by atoms with van der Waals surface area (Å²) in [5.74, 6) is 0. The van der Waals surface area contributed by atoms with Crippen LogP contribution in [0, 0.1) is 0 Å². The Morgan fingerprint density at radius 2 is 1.37 bits per heavy atom. The molecule has 2 N–H and O–H groups in total. The third-order valence-corrected chi connectivity index (χ3v) is 3.42. The van der Waals surface area contributed by atoms with Crippen molar-refractivity contribution in [3.8, 4) is 0 Å². The van der Waals surface area contributed by atoms with Crippen LogP contribution in [0.1, 0.15) is 77.6 Å². The summed E-state index contributed by atoms with van der Waals surface area (Å²) in [5, 5.41) is 0. The van der Waals surface area contributed by atoms with Crippen molar-refractivity contribution in [3.05, 3.63) is 12.3 Å². The Morgan fingerprint density at radius 3 is 1.84 bits per heavy atom. The van der Waals surface area contributed by atoms with Crippen LogP contribution in [0.4, 0.5) is 0 Å². The zero-order valence-electron chi connectivity index (χ0n) is 12.1. The lowest BCUT2D eigenvalue weighted by Crippen LogP contribution is -1.82. The molecule has 0 aromatic carbocycles. The van der Waals surface area contributed by atoms with Crippen LogP contribution < -0.4 is 0 Å². The van der Waals surface area contributed by atoms with E-state index in [1.807, 2.05) is 0 Å². The van der Waals surface area contributed by atoms with Gasteiger partial charge in [0.1, 0.15) is 0 Å². The second-order valence-corrected chi connectivity index (χ2v) is 6.13. The van der Waals surface area contributed by atoms with E-state index in [4.69, 9.17) is 9.79 Å². The lowest BCUT2D eigenvalue weighted by molar-refractivity contribution is 0.258. The summed E-state index contributed by atoms with van der Waals surface area (Å²) >= 11 is 0. The molecule has 5 heteroatoms. The predicted octanol–water partition coefficient (Wildman–Crippen LogP) is 4.92. The Balaban J connectivity index is 3.13. The maximum atomic E-state index is 10.4. The molecule has 0 spiro atoms. The molecular formula is C14H29O4P. The Morgan fingerprint density at radius 1 is 0.895 bits per heavy atom. The molecule has 0 aliphatic heterocycles. The number of phosphoric acid groups is 1. The van der Waals surface area contributed by atoms with Crippen molar-refractivity contribution >= 4 is 7.82 Å². The van der Waals surface area contributed by atoms with Gasteiger partial charge in [-0.05, 0) is 18.9 Å². The first-order valence-electron chi connectivity index (χ1n) is 7.45. The standard InChI is InChI=1S/C14H29O4P/c1-2-3-4-5-6-7-8-9-10-11-12-13-14-18-19(15,16)17/h13-14H,2-12H2,1H3,(H2,15,16,17). The topological polar surface area (TPSA) is 66.8 Å². The summed E-state index contributed by atoms with van der Waals surface area (Å²) in [6.07, 6.45) is 16.5. The van der Waals surface area contributed by atoms with Gasteiger partial charge in [-0.1, -0.05) is 64.7 Å². The molecule has 114 valence electrons. The maximum absolute atomic E-state index is 10.4. The summed E-state index contributed by atoms with van der Waals surface area (Å²) in [6, 6.07) is 0. The molecule has 0 saturated heterocycles. The molecule has 0 bridgehead atoms. The lowest BCUT2D eigenvalue weighted by Gasteiger charge is -2.01. The van der Waals surface area contributed by atoms with Crippen LogP contribution >= 0.6 is 7.82 Å². The van der Waals surface area contributed by atoms with Gasteiger partial charge in [0.25, 0.3) is 0 Å². The normalized spacial score (nSPS) is 12.2. The fourth-order valence-electron chi connectivity index (χ4n) is 1.94. The zero-order valence-corrected chi connectivity index (χ0v) is 13.0. The highest BCUT2D eigenvalue weighted by Gasteiger charge is 2.10. The van der Waals surface area contributed by atoms with Crippen molar-refractivity contribution < 1.29 is 18.9 Å². The van der Waals surface area contributed by atoms with Crippen LogP contribution in [0.2, 0.25) is 0 Å². The molecule has 4 nitrogen and oxygen atoms in total. The minimum absolute atomic E-state index is 0.816. The fourth-order valence-corrected chi connectivity index (χ4v) is 2.18. The Bertz CT molecular complexity index is 260. The van der Waals surface area contributed by atoms with E-state index >= 15 is 0 Å². The van der Waals surface area contributed by atoms with Crippen LogP contribution in [0.15, 0.2) is 12.3 Å². The minimum atomic E-state index is -4.33. The molecule has 0 rings (SSSR count). The van der Waals surface area contributed by atoms with Crippen molar-refractivity contribution in [2.45, 2.75) is 77.6 Å². The van der Waals surface area contributed by atoms with Gasteiger partial charge in [-0.3, -0.25) is 9.79 Å². The molecule has 0 aliphatic carbocycles. The molecule has 0 fully saturated rings. The van der Waals surface area contributed by atoms with Gasteiger partial charge in [-0.2, -0.15) is 0 Å². The average molecular weight is 292 g/mol. The molecular weight excluding hydrogens is 263 g/mol. The molecule has 0 aromatic heterocycles. The largest absolute Gasteiger partial charge is 0.524 e. The molecule has 0 saturated carbocycles. The first-order chi connectivity index (χ1) is 9.06. The number of rotatable bonds is 13. The zero-order chi connectivity index (χ0) is 14.4. The van der Waals surface area contributed by atoms with Gasteiger partial charge in [-0.25, -0.2) is 4.57 Å². The van der Waals surface area contributed by atoms with E-state index in [1.165, 1.54) is 57.8 Å². The van der Waals surface area contributed by atoms with Gasteiger partial charge in [0, 0.05) is 0 Å². The van der Waals surface area contributed by atoms with Crippen LogP contribution in [0.25, 0.3) is 0 Å². The summed E-state index contributed by atoms with van der Waals surface area (Å²) < 4.78 is 14.6. The molecule has 0 aliphatic rings. The molecule has 0 heterocycles. The van der Waals surface area contributed by atoms with Crippen LogP contribution in [0.3, 0.4) is 0 Å². The maximum Gasteiger partial charge on any atom is 0.524 e. The van der Waals surface area contributed by atoms with Gasteiger partial charge < -0.3 is 4.52 Å². The minimum Gasteiger partial charge on any atom is -0.413 e. The van der Waals surface area contributed by atoms with E-state index in [2.05, 4.69) is 11.4 Å². The first kappa shape index (κ1) is 18.7. The fraction of sp³-hybridized carbons (Fsp3) is 0.857. The van der Waals surface area contributed by atoms with E-state index in [0.717, 1.165) is 19.1 Å². The summed E-state index contributed by atoms with van der Waals surface area (Å²) in [5.41, 5.74) is 0. The summed E-state index contributed by atoms with van der Waals surface area (Å²) in [6.45, 7) is 2.24. The van der Waals surface area contributed by atoms with Gasteiger partial charge in [0.2, 0.25) is 0 Å². The lowest BCUT2D eigenvalue weighted by atomic mass is 10.1. The number of phosphoric ester groups is 1. The van der Waals surface area contributed by atoms with E-state index in [9.17, 15) is 4.57 Å². The first-order valence-corrected chi connectivity index (χ1v) is 8.98. The van der Waals surface area contributed by atoms with Crippen LogP contribution in [0.5, 0.6) is 0 Å². The highest BCUT2D eigenvalue weighted by molar-refractivity contribution is 7.46. The number of allylic oxidation sites excluding steroid dienone is 1. The Kier molecular flexibility index (Phi) is 12.5. The van der Waals surface area contributed by atoms with Gasteiger partial charge in [-0.15, -0.1) is 0 Å². The van der Waals surface area contributed by atoms with Crippen molar-refractivity contribution in [2.24, 2.45) is 0 Å². The highest BCUT2D eigenvalue weighted by Crippen LogP contribution is 2.35. The van der Waals surface area contributed by atoms with Gasteiger partial charge in [0.05, 0.1) is 6.26 Å². The quantitative estimate of drug-likeness (QED) is 0.287. The van der Waals surface area contributed by atoms with Crippen molar-refractivity contribution in [1.29, 1.82) is 0 Å². The summed E-state index contributed by atoms with van der Waals surface area (Å²) in [4.78, 5) is 16.9. The number of hydrogen-bond donors (Lipinski definition) is 2. The Labute approximate surface area is 117 Å². The summed E-state index contributed by atoms with van der Waals surface area (Å²) in [7, 11) is -4.33. The monoisotopic (exact) mass is 292 g/mol.